The maximum absolute atomic E-state index is 12.7. The van der Waals surface area contributed by atoms with Crippen molar-refractivity contribution < 1.29 is 19.1 Å². The number of amides is 2. The topological polar surface area (TPSA) is 84.0 Å². The summed E-state index contributed by atoms with van der Waals surface area (Å²) in [6, 6.07) is 4.55. The molecule has 3 rings (SSSR count). The van der Waals surface area contributed by atoms with Crippen LogP contribution in [0.25, 0.3) is 0 Å². The van der Waals surface area contributed by atoms with E-state index in [0.717, 1.165) is 75.1 Å². The largest absolute Gasteiger partial charge is 0.444 e. The number of anilines is 1. The number of hydrogen-bond donors (Lipinski definition) is 1. The fraction of sp³-hybridized carbons (Fsp3) is 0.741. The predicted molar refractivity (Wildman–Crippen MR) is 138 cm³/mol. The van der Waals surface area contributed by atoms with Gasteiger partial charge >= 0.3 is 12.2 Å². The zero-order chi connectivity index (χ0) is 25.6. The number of likely N-dealkylation sites (tertiary alicyclic amines) is 1. The Balaban J connectivity index is 1.38. The summed E-state index contributed by atoms with van der Waals surface area (Å²) in [7, 11) is 0. The molecule has 1 fully saturated rings. The van der Waals surface area contributed by atoms with Gasteiger partial charge in [-0.1, -0.05) is 12.5 Å². The molecule has 8 heteroatoms. The van der Waals surface area contributed by atoms with E-state index in [9.17, 15) is 9.59 Å². The number of aryl methyl sites for hydroxylation is 2. The summed E-state index contributed by atoms with van der Waals surface area (Å²) in [5, 5.41) is 3.58. The van der Waals surface area contributed by atoms with E-state index in [0.29, 0.717) is 19.1 Å². The molecule has 0 radical (unpaired) electrons. The Morgan fingerprint density at radius 1 is 1.00 bits per heavy atom. The lowest BCUT2D eigenvalue weighted by atomic mass is 10.0. The second kappa shape index (κ2) is 11.6. The Labute approximate surface area is 210 Å². The highest BCUT2D eigenvalue weighted by Crippen LogP contribution is 2.27. The molecule has 3 heterocycles. The first-order valence-corrected chi connectivity index (χ1v) is 13.1. The van der Waals surface area contributed by atoms with Crippen molar-refractivity contribution in [3.63, 3.8) is 0 Å². The van der Waals surface area contributed by atoms with Crippen molar-refractivity contribution in [2.45, 2.75) is 104 Å². The lowest BCUT2D eigenvalue weighted by Crippen LogP contribution is -2.40. The molecule has 0 spiro atoms. The van der Waals surface area contributed by atoms with E-state index in [1.807, 2.05) is 41.5 Å². The lowest BCUT2D eigenvalue weighted by Gasteiger charge is -2.31. The first-order chi connectivity index (χ1) is 16.4. The average molecular weight is 489 g/mol. The van der Waals surface area contributed by atoms with Gasteiger partial charge in [0.1, 0.15) is 17.0 Å². The number of fused-ring (bicyclic) bond motifs is 1. The summed E-state index contributed by atoms with van der Waals surface area (Å²) in [4.78, 5) is 33.2. The van der Waals surface area contributed by atoms with Gasteiger partial charge in [0, 0.05) is 31.4 Å². The molecule has 35 heavy (non-hydrogen) atoms. The molecule has 2 aliphatic heterocycles. The van der Waals surface area contributed by atoms with Crippen molar-refractivity contribution >= 4 is 18.0 Å². The van der Waals surface area contributed by atoms with Crippen molar-refractivity contribution in [3.8, 4) is 0 Å². The number of nitrogens with one attached hydrogen (secondary N) is 1. The van der Waals surface area contributed by atoms with Crippen LogP contribution in [0.15, 0.2) is 12.1 Å². The van der Waals surface area contributed by atoms with Crippen LogP contribution in [0, 0.1) is 0 Å². The third kappa shape index (κ3) is 8.67. The van der Waals surface area contributed by atoms with Crippen LogP contribution >= 0.6 is 0 Å². The molecule has 2 amide bonds. The van der Waals surface area contributed by atoms with Crippen molar-refractivity contribution in [1.29, 1.82) is 0 Å². The molecule has 1 aromatic rings. The van der Waals surface area contributed by atoms with Gasteiger partial charge in [0.05, 0.1) is 0 Å². The number of pyridine rings is 1. The lowest BCUT2D eigenvalue weighted by molar-refractivity contribution is 0.0290. The van der Waals surface area contributed by atoms with Crippen LogP contribution in [-0.2, 0) is 22.3 Å². The highest BCUT2D eigenvalue weighted by atomic mass is 16.6. The molecule has 2 aliphatic rings. The first kappa shape index (κ1) is 27.2. The summed E-state index contributed by atoms with van der Waals surface area (Å²) >= 11 is 0. The van der Waals surface area contributed by atoms with Crippen LogP contribution in [0.1, 0.15) is 84.9 Å². The zero-order valence-electron chi connectivity index (χ0n) is 22.5. The standard InChI is InChI=1S/C27H44N4O4/c1-26(2,3)34-24(32)30-18-15-22(19-30)28-16-9-7-8-12-21-14-13-20-11-10-17-31(23(20)29-21)25(33)35-27(4,5)6/h13-14,22,28H,7-12,15-19H2,1-6H3/t22-/m1/s1. The fourth-order valence-electron chi connectivity index (χ4n) is 4.45. The van der Waals surface area contributed by atoms with E-state index in [-0.39, 0.29) is 12.2 Å². The van der Waals surface area contributed by atoms with Gasteiger partial charge in [0.25, 0.3) is 0 Å². The Hall–Kier alpha value is -2.35. The minimum Gasteiger partial charge on any atom is -0.444 e. The van der Waals surface area contributed by atoms with Crippen LogP contribution in [0.3, 0.4) is 0 Å². The number of unbranched alkanes of at least 4 members (excludes halogenated alkanes) is 2. The molecule has 8 nitrogen and oxygen atoms in total. The van der Waals surface area contributed by atoms with Crippen molar-refractivity contribution in [1.82, 2.24) is 15.2 Å². The van der Waals surface area contributed by atoms with Crippen LogP contribution in [0.5, 0.6) is 0 Å². The number of carbonyl (C=O) groups is 2. The van der Waals surface area contributed by atoms with Crippen LogP contribution in [0.4, 0.5) is 15.4 Å². The average Bonchev–Trinajstić information content (AvgIpc) is 3.22. The van der Waals surface area contributed by atoms with E-state index in [1.54, 1.807) is 9.80 Å². The minimum absolute atomic E-state index is 0.218. The third-order valence-corrected chi connectivity index (χ3v) is 6.09. The number of nitrogens with zero attached hydrogens (tertiary/aromatic N) is 3. The maximum Gasteiger partial charge on any atom is 0.416 e. The number of rotatable bonds is 7. The molecular weight excluding hydrogens is 444 g/mol. The molecule has 0 saturated carbocycles. The van der Waals surface area contributed by atoms with Gasteiger partial charge in [-0.05, 0) is 98.2 Å². The van der Waals surface area contributed by atoms with Gasteiger partial charge in [-0.2, -0.15) is 0 Å². The van der Waals surface area contributed by atoms with Crippen LogP contribution in [-0.4, -0.2) is 65.5 Å². The van der Waals surface area contributed by atoms with Gasteiger partial charge < -0.3 is 19.7 Å². The Morgan fingerprint density at radius 2 is 1.71 bits per heavy atom. The molecule has 196 valence electrons. The molecule has 0 bridgehead atoms. The third-order valence-electron chi connectivity index (χ3n) is 6.09. The van der Waals surface area contributed by atoms with E-state index in [1.165, 1.54) is 0 Å². The van der Waals surface area contributed by atoms with Gasteiger partial charge in [-0.3, -0.25) is 4.90 Å². The maximum atomic E-state index is 12.7. The number of carbonyl (C=O) groups excluding carboxylic acids is 2. The Bertz CT molecular complexity index is 875. The highest BCUT2D eigenvalue weighted by molar-refractivity contribution is 5.88. The molecule has 1 atom stereocenters. The molecule has 1 N–H and O–H groups in total. The molecule has 1 aromatic heterocycles. The molecule has 1 saturated heterocycles. The quantitative estimate of drug-likeness (QED) is 0.539. The highest BCUT2D eigenvalue weighted by Gasteiger charge is 2.30. The molecule has 0 aromatic carbocycles. The van der Waals surface area contributed by atoms with Crippen LogP contribution in [0.2, 0.25) is 0 Å². The number of hydrogen-bond acceptors (Lipinski definition) is 6. The Kier molecular flexibility index (Phi) is 9.02. The first-order valence-electron chi connectivity index (χ1n) is 13.1. The zero-order valence-corrected chi connectivity index (χ0v) is 22.5. The van der Waals surface area contributed by atoms with E-state index < -0.39 is 11.2 Å². The summed E-state index contributed by atoms with van der Waals surface area (Å²) in [5.41, 5.74) is 1.17. The SMILES string of the molecule is CC(C)(C)OC(=O)N1CC[C@@H](NCCCCCc2ccc3c(n2)N(C(=O)OC(C)(C)C)CCC3)C1. The second-order valence-electron chi connectivity index (χ2n) is 11.7. The number of aromatic nitrogens is 1. The van der Waals surface area contributed by atoms with E-state index in [2.05, 4.69) is 17.4 Å². The fourth-order valence-corrected chi connectivity index (χ4v) is 4.45. The van der Waals surface area contributed by atoms with E-state index >= 15 is 0 Å². The second-order valence-corrected chi connectivity index (χ2v) is 11.7. The minimum atomic E-state index is -0.521. The molecular formula is C27H44N4O4. The molecule has 0 unspecified atom stereocenters. The number of ether oxygens (including phenoxy) is 2. The van der Waals surface area contributed by atoms with Gasteiger partial charge in [-0.15, -0.1) is 0 Å². The van der Waals surface area contributed by atoms with Crippen molar-refractivity contribution in [3.05, 3.63) is 23.4 Å². The summed E-state index contributed by atoms with van der Waals surface area (Å²) in [6.07, 6.45) is 6.43. The molecule has 0 aliphatic carbocycles. The Morgan fingerprint density at radius 3 is 2.43 bits per heavy atom. The summed E-state index contributed by atoms with van der Waals surface area (Å²) < 4.78 is 11.1. The summed E-state index contributed by atoms with van der Waals surface area (Å²) in [6.45, 7) is 14.4. The van der Waals surface area contributed by atoms with E-state index in [4.69, 9.17) is 14.5 Å². The van der Waals surface area contributed by atoms with Gasteiger partial charge in [0.2, 0.25) is 0 Å². The predicted octanol–water partition coefficient (Wildman–Crippen LogP) is 5.08. The smallest absolute Gasteiger partial charge is 0.416 e. The summed E-state index contributed by atoms with van der Waals surface area (Å²) in [5.74, 6) is 0.764. The normalized spacial score (nSPS) is 18.4. The van der Waals surface area contributed by atoms with Gasteiger partial charge in [-0.25, -0.2) is 14.6 Å². The monoisotopic (exact) mass is 488 g/mol. The van der Waals surface area contributed by atoms with Gasteiger partial charge in [0.15, 0.2) is 0 Å². The van der Waals surface area contributed by atoms with Crippen molar-refractivity contribution in [2.24, 2.45) is 0 Å². The van der Waals surface area contributed by atoms with Crippen LogP contribution < -0.4 is 10.2 Å². The van der Waals surface area contributed by atoms with Crippen molar-refractivity contribution in [2.75, 3.05) is 31.1 Å².